The molecule has 1 aromatic heterocycles. The Morgan fingerprint density at radius 2 is 1.74 bits per heavy atom. The van der Waals surface area contributed by atoms with E-state index in [1.807, 2.05) is 24.3 Å². The molecule has 1 heterocycles. The Morgan fingerprint density at radius 1 is 1.00 bits per heavy atom. The number of aromatic nitrogens is 1. The Morgan fingerprint density at radius 3 is 2.44 bits per heavy atom. The van der Waals surface area contributed by atoms with Crippen LogP contribution in [0.1, 0.15) is 23.2 Å². The fourth-order valence-electron chi connectivity index (χ4n) is 3.46. The number of pyridine rings is 1. The molecule has 2 aromatic carbocycles. The molecule has 5 heteroatoms. The Hall–Kier alpha value is -2.07. The molecule has 0 radical (unpaired) electrons. The van der Waals surface area contributed by atoms with E-state index < -0.39 is 0 Å². The first-order valence-corrected chi connectivity index (χ1v) is 9.36. The highest BCUT2D eigenvalue weighted by molar-refractivity contribution is 6.30. The van der Waals surface area contributed by atoms with Crippen molar-refractivity contribution in [2.24, 2.45) is 0 Å². The van der Waals surface area contributed by atoms with Crippen LogP contribution in [0.25, 0.3) is 11.3 Å². The number of aliphatic hydroxyl groups is 1. The van der Waals surface area contributed by atoms with Crippen LogP contribution in [0.3, 0.4) is 0 Å². The first kappa shape index (κ1) is 19.7. The molecule has 0 atom stereocenters. The zero-order valence-corrected chi connectivity index (χ0v) is 16.5. The number of nitrogens with one attached hydrogen (secondary N) is 1. The number of hydrogen-bond acceptors (Lipinski definition) is 3. The molecule has 3 aromatic rings. The molecule has 0 unspecified atom stereocenters. The fraction of sp³-hybridized carbons (Fsp3) is 0.227. The van der Waals surface area contributed by atoms with E-state index in [9.17, 15) is 0 Å². The van der Waals surface area contributed by atoms with E-state index in [2.05, 4.69) is 35.6 Å². The Balaban J connectivity index is 0.00000210. The summed E-state index contributed by atoms with van der Waals surface area (Å²) in [6.45, 7) is 0.176. The summed E-state index contributed by atoms with van der Waals surface area (Å²) in [6.07, 6.45) is 3.93. The van der Waals surface area contributed by atoms with Gasteiger partial charge in [0.15, 0.2) is 0 Å². The number of fused-ring (bicyclic) bond motifs is 1. The van der Waals surface area contributed by atoms with Crippen molar-refractivity contribution in [1.82, 2.24) is 4.98 Å². The predicted molar refractivity (Wildman–Crippen MR) is 114 cm³/mol. The average Bonchev–Trinajstić information content (AvgIpc) is 3.13. The summed E-state index contributed by atoms with van der Waals surface area (Å²) in [4.78, 5) is 4.88. The van der Waals surface area contributed by atoms with Crippen LogP contribution in [0.2, 0.25) is 5.02 Å². The summed E-state index contributed by atoms with van der Waals surface area (Å²) in [5, 5.41) is 13.4. The van der Waals surface area contributed by atoms with Crippen LogP contribution in [0, 0.1) is 0 Å². The highest BCUT2D eigenvalue weighted by Crippen LogP contribution is 2.34. The van der Waals surface area contributed by atoms with Gasteiger partial charge in [0.05, 0.1) is 5.69 Å². The maximum Gasteiger partial charge on any atom is 0.0726 e. The number of nitrogens with zero attached hydrogens (tertiary/aromatic N) is 1. The van der Waals surface area contributed by atoms with Crippen LogP contribution in [-0.2, 0) is 19.3 Å². The van der Waals surface area contributed by atoms with Crippen molar-refractivity contribution in [1.29, 1.82) is 0 Å². The van der Waals surface area contributed by atoms with Crippen LogP contribution < -0.4 is 5.32 Å². The first-order valence-electron chi connectivity index (χ1n) is 8.98. The molecule has 0 saturated carbocycles. The first-order chi connectivity index (χ1) is 12.7. The van der Waals surface area contributed by atoms with E-state index in [0.29, 0.717) is 6.42 Å². The third-order valence-electron chi connectivity index (χ3n) is 4.82. The Kier molecular flexibility index (Phi) is 6.38. The van der Waals surface area contributed by atoms with Crippen LogP contribution in [0.5, 0.6) is 0 Å². The minimum atomic E-state index is 0. The third-order valence-corrected chi connectivity index (χ3v) is 5.08. The van der Waals surface area contributed by atoms with Gasteiger partial charge >= 0.3 is 0 Å². The zero-order chi connectivity index (χ0) is 17.9. The number of benzene rings is 2. The van der Waals surface area contributed by atoms with Crippen LogP contribution in [-0.4, -0.2) is 16.7 Å². The molecule has 3 nitrogen and oxygen atoms in total. The van der Waals surface area contributed by atoms with Crippen LogP contribution in [0.15, 0.2) is 54.6 Å². The highest BCUT2D eigenvalue weighted by atomic mass is 35.5. The Labute approximate surface area is 170 Å². The normalized spacial score (nSPS) is 12.4. The molecule has 1 aliphatic rings. The molecular formula is C22H22Cl2N2O. The van der Waals surface area contributed by atoms with E-state index in [-0.39, 0.29) is 19.0 Å². The van der Waals surface area contributed by atoms with Gasteiger partial charge < -0.3 is 10.4 Å². The van der Waals surface area contributed by atoms with Crippen molar-refractivity contribution in [3.63, 3.8) is 0 Å². The molecule has 140 valence electrons. The predicted octanol–water partition coefficient (Wildman–Crippen LogP) is 5.59. The van der Waals surface area contributed by atoms with Gasteiger partial charge in [-0.05, 0) is 67.1 Å². The van der Waals surface area contributed by atoms with Crippen LogP contribution in [0.4, 0.5) is 11.4 Å². The van der Waals surface area contributed by atoms with Gasteiger partial charge in [0.2, 0.25) is 0 Å². The third kappa shape index (κ3) is 4.44. The summed E-state index contributed by atoms with van der Waals surface area (Å²) in [6, 6.07) is 18.2. The number of hydrogen-bond donors (Lipinski definition) is 2. The molecule has 0 saturated heterocycles. The summed E-state index contributed by atoms with van der Waals surface area (Å²) >= 11 is 6.02. The molecule has 0 fully saturated rings. The smallest absolute Gasteiger partial charge is 0.0726 e. The lowest BCUT2D eigenvalue weighted by molar-refractivity contribution is 0.299. The maximum absolute atomic E-state index is 9.06. The van der Waals surface area contributed by atoms with Gasteiger partial charge in [-0.15, -0.1) is 12.4 Å². The van der Waals surface area contributed by atoms with Crippen molar-refractivity contribution < 1.29 is 5.11 Å². The topological polar surface area (TPSA) is 45.1 Å². The molecule has 27 heavy (non-hydrogen) atoms. The maximum atomic E-state index is 9.06. The summed E-state index contributed by atoms with van der Waals surface area (Å²) in [5.41, 5.74) is 7.88. The Bertz CT molecular complexity index is 909. The largest absolute Gasteiger partial charge is 0.396 e. The van der Waals surface area contributed by atoms with Crippen molar-refractivity contribution in [2.45, 2.75) is 25.7 Å². The number of rotatable bonds is 5. The molecule has 0 bridgehead atoms. The van der Waals surface area contributed by atoms with Gasteiger partial charge in [-0.25, -0.2) is 0 Å². The lowest BCUT2D eigenvalue weighted by Crippen LogP contribution is -2.00. The lowest BCUT2D eigenvalue weighted by atomic mass is 10.1. The van der Waals surface area contributed by atoms with Crippen LogP contribution >= 0.6 is 24.0 Å². The summed E-state index contributed by atoms with van der Waals surface area (Å²) in [7, 11) is 0. The summed E-state index contributed by atoms with van der Waals surface area (Å²) < 4.78 is 0. The molecule has 0 aliphatic heterocycles. The van der Waals surface area contributed by atoms with E-state index in [0.717, 1.165) is 52.5 Å². The van der Waals surface area contributed by atoms with Crippen molar-refractivity contribution in [3.8, 4) is 11.3 Å². The van der Waals surface area contributed by atoms with E-state index in [1.54, 1.807) is 0 Å². The zero-order valence-electron chi connectivity index (χ0n) is 14.9. The molecule has 4 rings (SSSR count). The van der Waals surface area contributed by atoms with Gasteiger partial charge in [0.25, 0.3) is 0 Å². The standard InChI is InChI=1S/C22H21ClN2O.ClH/c23-17-8-6-16(7-9-17)21-14-22(19-2-1-3-20(19)25-21)24-18-10-4-15(5-11-18)12-13-26;/h4-11,14,26H,1-3,12-13H2,(H,24,25);1H. The number of halogens is 2. The molecule has 1 aliphatic carbocycles. The second-order valence-electron chi connectivity index (χ2n) is 6.64. The van der Waals surface area contributed by atoms with Gasteiger partial charge in [0, 0.05) is 34.3 Å². The van der Waals surface area contributed by atoms with Crippen molar-refractivity contribution >= 4 is 35.4 Å². The van der Waals surface area contributed by atoms with Crippen molar-refractivity contribution in [3.05, 3.63) is 76.4 Å². The minimum Gasteiger partial charge on any atom is -0.396 e. The molecule has 2 N–H and O–H groups in total. The average molecular weight is 401 g/mol. The fourth-order valence-corrected chi connectivity index (χ4v) is 3.59. The minimum absolute atomic E-state index is 0. The lowest BCUT2D eigenvalue weighted by Gasteiger charge is -2.14. The van der Waals surface area contributed by atoms with Crippen molar-refractivity contribution in [2.75, 3.05) is 11.9 Å². The SMILES string of the molecule is Cl.OCCc1ccc(Nc2cc(-c3ccc(Cl)cc3)nc3c2CCC3)cc1. The van der Waals surface area contributed by atoms with Gasteiger partial charge in [-0.2, -0.15) is 0 Å². The number of anilines is 2. The second kappa shape index (κ2) is 8.75. The highest BCUT2D eigenvalue weighted by Gasteiger charge is 2.18. The van der Waals surface area contributed by atoms with E-state index >= 15 is 0 Å². The van der Waals surface area contributed by atoms with Gasteiger partial charge in [-0.1, -0.05) is 35.9 Å². The second-order valence-corrected chi connectivity index (χ2v) is 7.07. The summed E-state index contributed by atoms with van der Waals surface area (Å²) in [5.74, 6) is 0. The molecule has 0 spiro atoms. The number of aliphatic hydroxyl groups excluding tert-OH is 1. The molecule has 0 amide bonds. The number of aryl methyl sites for hydroxylation is 1. The quantitative estimate of drug-likeness (QED) is 0.586. The van der Waals surface area contributed by atoms with Gasteiger partial charge in [0.1, 0.15) is 0 Å². The van der Waals surface area contributed by atoms with Gasteiger partial charge in [-0.3, -0.25) is 4.98 Å². The molecular weight excluding hydrogens is 379 g/mol. The van der Waals surface area contributed by atoms with E-state index in [1.165, 1.54) is 11.3 Å². The van der Waals surface area contributed by atoms with E-state index in [4.69, 9.17) is 21.7 Å². The monoisotopic (exact) mass is 400 g/mol.